The minimum absolute atomic E-state index is 0.0398. The molecule has 0 atom stereocenters. The number of carbonyl (C=O) groups is 2. The number of ether oxygens (including phenoxy) is 1. The Labute approximate surface area is 114 Å². The third kappa shape index (κ3) is 11.5. The Morgan fingerprint density at radius 1 is 1.26 bits per heavy atom. The summed E-state index contributed by atoms with van der Waals surface area (Å²) < 4.78 is 5.29. The van der Waals surface area contributed by atoms with Crippen LogP contribution in [0.15, 0.2) is 0 Å². The van der Waals surface area contributed by atoms with E-state index in [1.807, 2.05) is 6.92 Å². The van der Waals surface area contributed by atoms with E-state index in [9.17, 15) is 9.59 Å². The second-order valence-corrected chi connectivity index (χ2v) is 5.12. The predicted molar refractivity (Wildman–Crippen MR) is 73.2 cm³/mol. The first-order chi connectivity index (χ1) is 8.87. The fourth-order valence-electron chi connectivity index (χ4n) is 1.46. The lowest BCUT2D eigenvalue weighted by atomic mass is 9.99. The Morgan fingerprint density at radius 3 is 2.53 bits per heavy atom. The first-order valence-electron chi connectivity index (χ1n) is 6.73. The molecule has 0 spiro atoms. The highest BCUT2D eigenvalue weighted by atomic mass is 16.5. The Bertz CT molecular complexity index is 280. The number of urea groups is 1. The smallest absolute Gasteiger partial charge is 0.315 e. The molecule has 0 heterocycles. The highest BCUT2D eigenvalue weighted by Crippen LogP contribution is 2.10. The summed E-state index contributed by atoms with van der Waals surface area (Å²) in [4.78, 5) is 22.1. The van der Waals surface area contributed by atoms with Crippen LogP contribution in [0, 0.1) is 0 Å². The van der Waals surface area contributed by atoms with Gasteiger partial charge in [0.25, 0.3) is 0 Å². The van der Waals surface area contributed by atoms with Crippen molar-refractivity contribution in [2.75, 3.05) is 19.8 Å². The van der Waals surface area contributed by atoms with Crippen molar-refractivity contribution in [3.8, 4) is 0 Å². The molecule has 0 rings (SSSR count). The summed E-state index contributed by atoms with van der Waals surface area (Å²) >= 11 is 0. The molecule has 3 N–H and O–H groups in total. The van der Waals surface area contributed by atoms with Crippen molar-refractivity contribution in [1.29, 1.82) is 0 Å². The third-order valence-corrected chi connectivity index (χ3v) is 2.52. The third-order valence-electron chi connectivity index (χ3n) is 2.52. The maximum atomic E-state index is 11.6. The largest absolute Gasteiger partial charge is 0.481 e. The van der Waals surface area contributed by atoms with Crippen molar-refractivity contribution >= 4 is 12.0 Å². The van der Waals surface area contributed by atoms with Crippen molar-refractivity contribution in [2.45, 2.75) is 52.0 Å². The quantitative estimate of drug-likeness (QED) is 0.530. The van der Waals surface area contributed by atoms with Crippen molar-refractivity contribution in [2.24, 2.45) is 0 Å². The first-order valence-corrected chi connectivity index (χ1v) is 6.73. The van der Waals surface area contributed by atoms with E-state index in [0.717, 1.165) is 19.4 Å². The minimum atomic E-state index is -0.858. The van der Waals surface area contributed by atoms with Crippen molar-refractivity contribution in [3.63, 3.8) is 0 Å². The lowest BCUT2D eigenvalue weighted by Gasteiger charge is -2.25. The van der Waals surface area contributed by atoms with Gasteiger partial charge < -0.3 is 20.5 Å². The molecular weight excluding hydrogens is 248 g/mol. The van der Waals surface area contributed by atoms with Crippen LogP contribution >= 0.6 is 0 Å². The van der Waals surface area contributed by atoms with Gasteiger partial charge in [0.15, 0.2) is 0 Å². The van der Waals surface area contributed by atoms with E-state index in [2.05, 4.69) is 10.6 Å². The van der Waals surface area contributed by atoms with Gasteiger partial charge in [0, 0.05) is 31.7 Å². The van der Waals surface area contributed by atoms with Gasteiger partial charge in [-0.15, -0.1) is 0 Å². The molecule has 0 aromatic rings. The fourth-order valence-corrected chi connectivity index (χ4v) is 1.46. The molecule has 0 aliphatic carbocycles. The monoisotopic (exact) mass is 274 g/mol. The standard InChI is InChI=1S/C13H26N2O4/c1-4-9-19-10-5-8-14-12(18)15-13(2,3)7-6-11(16)17/h4-10H2,1-3H3,(H,16,17)(H2,14,15,18). The molecule has 0 bridgehead atoms. The molecule has 19 heavy (non-hydrogen) atoms. The first kappa shape index (κ1) is 17.7. The van der Waals surface area contributed by atoms with E-state index >= 15 is 0 Å². The van der Waals surface area contributed by atoms with Crippen LogP contribution in [0.2, 0.25) is 0 Å². The number of rotatable bonds is 10. The highest BCUT2D eigenvalue weighted by Gasteiger charge is 2.21. The summed E-state index contributed by atoms with van der Waals surface area (Å²) in [5.41, 5.74) is -0.527. The molecule has 0 saturated heterocycles. The second-order valence-electron chi connectivity index (χ2n) is 5.12. The van der Waals surface area contributed by atoms with Crippen LogP contribution in [0.5, 0.6) is 0 Å². The van der Waals surface area contributed by atoms with Gasteiger partial charge in [-0.1, -0.05) is 6.92 Å². The van der Waals surface area contributed by atoms with Gasteiger partial charge >= 0.3 is 12.0 Å². The van der Waals surface area contributed by atoms with Crippen LogP contribution < -0.4 is 10.6 Å². The SMILES string of the molecule is CCCOCCCNC(=O)NC(C)(C)CCC(=O)O. The lowest BCUT2D eigenvalue weighted by Crippen LogP contribution is -2.48. The minimum Gasteiger partial charge on any atom is -0.481 e. The van der Waals surface area contributed by atoms with Crippen LogP contribution in [-0.4, -0.2) is 42.4 Å². The molecule has 0 radical (unpaired) electrons. The number of hydrogen-bond acceptors (Lipinski definition) is 3. The predicted octanol–water partition coefficient (Wildman–Crippen LogP) is 1.75. The molecule has 6 heteroatoms. The number of aliphatic carboxylic acids is 1. The summed E-state index contributed by atoms with van der Waals surface area (Å²) in [5, 5.41) is 14.1. The molecule has 2 amide bonds. The normalized spacial score (nSPS) is 11.1. The Morgan fingerprint density at radius 2 is 1.95 bits per heavy atom. The maximum absolute atomic E-state index is 11.6. The zero-order valence-corrected chi connectivity index (χ0v) is 12.1. The number of nitrogens with one attached hydrogen (secondary N) is 2. The van der Waals surface area contributed by atoms with Crippen LogP contribution in [0.1, 0.15) is 46.5 Å². The van der Waals surface area contributed by atoms with Gasteiger partial charge in [-0.3, -0.25) is 4.79 Å². The number of hydrogen-bond donors (Lipinski definition) is 3. The van der Waals surface area contributed by atoms with Gasteiger partial charge in [-0.25, -0.2) is 4.79 Å². The second kappa shape index (κ2) is 9.61. The zero-order chi connectivity index (χ0) is 14.7. The van der Waals surface area contributed by atoms with Crippen LogP contribution in [-0.2, 0) is 9.53 Å². The van der Waals surface area contributed by atoms with E-state index in [4.69, 9.17) is 9.84 Å². The summed E-state index contributed by atoms with van der Waals surface area (Å²) in [6, 6.07) is -0.272. The summed E-state index contributed by atoms with van der Waals surface area (Å²) in [7, 11) is 0. The van der Waals surface area contributed by atoms with Gasteiger partial charge in [0.1, 0.15) is 0 Å². The van der Waals surface area contributed by atoms with E-state index in [0.29, 0.717) is 19.6 Å². The van der Waals surface area contributed by atoms with E-state index in [1.165, 1.54) is 0 Å². The average molecular weight is 274 g/mol. The molecule has 0 fully saturated rings. The summed E-state index contributed by atoms with van der Waals surface area (Å²) in [6.45, 7) is 7.58. The molecule has 0 aliphatic rings. The van der Waals surface area contributed by atoms with Gasteiger partial charge in [-0.2, -0.15) is 0 Å². The maximum Gasteiger partial charge on any atom is 0.315 e. The number of carbonyl (C=O) groups excluding carboxylic acids is 1. The Hall–Kier alpha value is -1.30. The Kier molecular flexibility index (Phi) is 8.95. The van der Waals surface area contributed by atoms with Gasteiger partial charge in [0.05, 0.1) is 0 Å². The van der Waals surface area contributed by atoms with Crippen LogP contribution in [0.3, 0.4) is 0 Å². The van der Waals surface area contributed by atoms with E-state index < -0.39 is 11.5 Å². The number of carboxylic acid groups (broad SMARTS) is 1. The lowest BCUT2D eigenvalue weighted by molar-refractivity contribution is -0.137. The average Bonchev–Trinajstić information content (AvgIpc) is 2.31. The number of carboxylic acids is 1. The molecule has 0 aliphatic heterocycles. The fraction of sp³-hybridized carbons (Fsp3) is 0.846. The molecular formula is C13H26N2O4. The van der Waals surface area contributed by atoms with Crippen molar-refractivity contribution in [3.05, 3.63) is 0 Å². The highest BCUT2D eigenvalue weighted by molar-refractivity contribution is 5.74. The van der Waals surface area contributed by atoms with E-state index in [1.54, 1.807) is 13.8 Å². The van der Waals surface area contributed by atoms with Gasteiger partial charge in [0.2, 0.25) is 0 Å². The number of amides is 2. The summed E-state index contributed by atoms with van der Waals surface area (Å²) in [6.07, 6.45) is 2.20. The van der Waals surface area contributed by atoms with Crippen molar-refractivity contribution < 1.29 is 19.4 Å². The molecule has 0 aromatic heterocycles. The topological polar surface area (TPSA) is 87.7 Å². The molecule has 0 aromatic carbocycles. The van der Waals surface area contributed by atoms with E-state index in [-0.39, 0.29) is 12.5 Å². The molecule has 0 unspecified atom stereocenters. The van der Waals surface area contributed by atoms with Crippen LogP contribution in [0.25, 0.3) is 0 Å². The molecule has 6 nitrogen and oxygen atoms in total. The zero-order valence-electron chi connectivity index (χ0n) is 12.1. The Balaban J connectivity index is 3.69. The van der Waals surface area contributed by atoms with Crippen molar-refractivity contribution in [1.82, 2.24) is 10.6 Å². The molecule has 112 valence electrons. The molecule has 0 saturated carbocycles. The van der Waals surface area contributed by atoms with Gasteiger partial charge in [-0.05, 0) is 33.1 Å². The van der Waals surface area contributed by atoms with Crippen LogP contribution in [0.4, 0.5) is 4.79 Å². The summed E-state index contributed by atoms with van der Waals surface area (Å²) in [5.74, 6) is -0.858.